The smallest absolute Gasteiger partial charge is 0.335 e. The highest BCUT2D eigenvalue weighted by Crippen LogP contribution is 2.26. The van der Waals surface area contributed by atoms with Gasteiger partial charge in [-0.15, -0.1) is 0 Å². The zero-order chi connectivity index (χ0) is 14.8. The summed E-state index contributed by atoms with van der Waals surface area (Å²) >= 11 is 0. The summed E-state index contributed by atoms with van der Waals surface area (Å²) < 4.78 is 12.6. The van der Waals surface area contributed by atoms with Crippen LogP contribution in [0.1, 0.15) is 15.9 Å². The number of halogens is 1. The Hall–Kier alpha value is -2.82. The number of carbonyl (C=O) groups is 1. The molecule has 3 aromatic rings. The molecule has 0 saturated carbocycles. The second-order valence-corrected chi connectivity index (χ2v) is 4.59. The minimum atomic E-state index is -1.00. The van der Waals surface area contributed by atoms with Crippen molar-refractivity contribution in [1.29, 1.82) is 0 Å². The Kier molecular flexibility index (Phi) is 3.31. The molecule has 0 radical (unpaired) electrons. The molecule has 0 spiro atoms. The fourth-order valence-corrected chi connectivity index (χ4v) is 2.17. The van der Waals surface area contributed by atoms with Gasteiger partial charge in [0.05, 0.1) is 16.8 Å². The first-order chi connectivity index (χ1) is 10.2. The molecule has 0 aliphatic heterocycles. The number of rotatable bonds is 3. The molecular formula is C16H11FN2O2. The highest BCUT2D eigenvalue weighted by Gasteiger charge is 2.10. The van der Waals surface area contributed by atoms with E-state index in [9.17, 15) is 9.18 Å². The van der Waals surface area contributed by atoms with Crippen molar-refractivity contribution in [3.8, 4) is 11.3 Å². The van der Waals surface area contributed by atoms with Gasteiger partial charge in [-0.2, -0.15) is 0 Å². The van der Waals surface area contributed by atoms with Crippen LogP contribution in [0.3, 0.4) is 0 Å². The minimum Gasteiger partial charge on any atom is -0.478 e. The van der Waals surface area contributed by atoms with Crippen LogP contribution in [-0.4, -0.2) is 21.0 Å². The van der Waals surface area contributed by atoms with Crippen molar-refractivity contribution < 1.29 is 14.3 Å². The summed E-state index contributed by atoms with van der Waals surface area (Å²) in [7, 11) is 0. The lowest BCUT2D eigenvalue weighted by Gasteiger charge is -2.06. The minimum absolute atomic E-state index is 0.180. The maximum absolute atomic E-state index is 12.6. The Morgan fingerprint density at radius 3 is 2.52 bits per heavy atom. The summed E-state index contributed by atoms with van der Waals surface area (Å²) in [6.45, 7) is -0.520. The van der Waals surface area contributed by atoms with E-state index in [1.54, 1.807) is 36.4 Å². The highest BCUT2D eigenvalue weighted by atomic mass is 19.1. The van der Waals surface area contributed by atoms with Gasteiger partial charge in [0.25, 0.3) is 0 Å². The lowest BCUT2D eigenvalue weighted by molar-refractivity contribution is 0.0697. The van der Waals surface area contributed by atoms with E-state index in [0.717, 1.165) is 5.56 Å². The van der Waals surface area contributed by atoms with Gasteiger partial charge in [0.1, 0.15) is 13.0 Å². The quantitative estimate of drug-likeness (QED) is 0.799. The first kappa shape index (κ1) is 13.2. The highest BCUT2D eigenvalue weighted by molar-refractivity contribution is 5.98. The third-order valence-electron chi connectivity index (χ3n) is 3.26. The number of hydrogen-bond acceptors (Lipinski definition) is 3. The second kappa shape index (κ2) is 5.28. The monoisotopic (exact) mass is 282 g/mol. The van der Waals surface area contributed by atoms with Crippen LogP contribution in [0.25, 0.3) is 22.2 Å². The van der Waals surface area contributed by atoms with Gasteiger partial charge < -0.3 is 5.11 Å². The number of aromatic carboxylic acids is 1. The molecule has 4 nitrogen and oxygen atoms in total. The fraction of sp³-hybridized carbons (Fsp3) is 0.0625. The predicted octanol–water partition coefficient (Wildman–Crippen LogP) is 3.46. The third-order valence-corrected chi connectivity index (χ3v) is 3.26. The molecule has 1 heterocycles. The van der Waals surface area contributed by atoms with Crippen molar-refractivity contribution in [2.75, 3.05) is 0 Å². The van der Waals surface area contributed by atoms with Gasteiger partial charge >= 0.3 is 5.97 Å². The summed E-state index contributed by atoms with van der Waals surface area (Å²) in [5.41, 5.74) is 2.86. The zero-order valence-corrected chi connectivity index (χ0v) is 11.0. The largest absolute Gasteiger partial charge is 0.478 e. The zero-order valence-electron chi connectivity index (χ0n) is 11.0. The van der Waals surface area contributed by atoms with Crippen molar-refractivity contribution in [3.63, 3.8) is 0 Å². The second-order valence-electron chi connectivity index (χ2n) is 4.59. The molecule has 1 aromatic heterocycles. The summed E-state index contributed by atoms with van der Waals surface area (Å²) in [6, 6.07) is 11.6. The van der Waals surface area contributed by atoms with E-state index in [1.807, 2.05) is 0 Å². The average molecular weight is 282 g/mol. The van der Waals surface area contributed by atoms with Gasteiger partial charge in [0.2, 0.25) is 0 Å². The number of benzene rings is 2. The van der Waals surface area contributed by atoms with Crippen molar-refractivity contribution in [1.82, 2.24) is 9.97 Å². The third kappa shape index (κ3) is 2.45. The van der Waals surface area contributed by atoms with E-state index < -0.39 is 12.6 Å². The van der Waals surface area contributed by atoms with Crippen LogP contribution in [0.4, 0.5) is 4.39 Å². The SMILES string of the molecule is O=C(O)c1ccc2ncnc(-c3ccc(CF)cc3)c2c1. The molecule has 0 atom stereocenters. The number of carboxylic acid groups (broad SMARTS) is 1. The molecule has 0 aliphatic carbocycles. The predicted molar refractivity (Wildman–Crippen MR) is 76.7 cm³/mol. The Morgan fingerprint density at radius 2 is 1.86 bits per heavy atom. The maximum Gasteiger partial charge on any atom is 0.335 e. The van der Waals surface area contributed by atoms with Gasteiger partial charge in [0, 0.05) is 10.9 Å². The van der Waals surface area contributed by atoms with Crippen LogP contribution in [-0.2, 0) is 6.67 Å². The Morgan fingerprint density at radius 1 is 1.10 bits per heavy atom. The summed E-state index contributed by atoms with van der Waals surface area (Å²) in [6.07, 6.45) is 1.43. The molecule has 3 rings (SSSR count). The molecule has 0 amide bonds. The maximum atomic E-state index is 12.6. The number of fused-ring (bicyclic) bond motifs is 1. The number of alkyl halides is 1. The summed E-state index contributed by atoms with van der Waals surface area (Å²) in [5, 5.41) is 9.75. The van der Waals surface area contributed by atoms with Crippen LogP contribution >= 0.6 is 0 Å². The van der Waals surface area contributed by atoms with Crippen molar-refractivity contribution in [2.24, 2.45) is 0 Å². The van der Waals surface area contributed by atoms with E-state index in [1.165, 1.54) is 12.4 Å². The summed E-state index contributed by atoms with van der Waals surface area (Å²) in [4.78, 5) is 19.5. The first-order valence-electron chi connectivity index (χ1n) is 6.32. The molecular weight excluding hydrogens is 271 g/mol. The van der Waals surface area contributed by atoms with Gasteiger partial charge in [-0.25, -0.2) is 19.2 Å². The molecule has 0 unspecified atom stereocenters. The molecule has 0 saturated heterocycles. The van der Waals surface area contributed by atoms with Gasteiger partial charge in [-0.05, 0) is 23.8 Å². The van der Waals surface area contributed by atoms with E-state index in [2.05, 4.69) is 9.97 Å². The molecule has 0 bridgehead atoms. The molecule has 104 valence electrons. The lowest BCUT2D eigenvalue weighted by atomic mass is 10.0. The van der Waals surface area contributed by atoms with E-state index in [0.29, 0.717) is 22.2 Å². The summed E-state index contributed by atoms with van der Waals surface area (Å²) in [5.74, 6) is -1.00. The van der Waals surface area contributed by atoms with Crippen LogP contribution < -0.4 is 0 Å². The molecule has 0 aliphatic rings. The van der Waals surface area contributed by atoms with Crippen molar-refractivity contribution in [2.45, 2.75) is 6.67 Å². The normalized spacial score (nSPS) is 10.7. The van der Waals surface area contributed by atoms with Crippen molar-refractivity contribution >= 4 is 16.9 Å². The molecule has 1 N–H and O–H groups in total. The van der Waals surface area contributed by atoms with E-state index >= 15 is 0 Å². The van der Waals surface area contributed by atoms with Gasteiger partial charge in [-0.1, -0.05) is 24.3 Å². The fourth-order valence-electron chi connectivity index (χ4n) is 2.17. The van der Waals surface area contributed by atoms with Crippen LogP contribution in [0.5, 0.6) is 0 Å². The van der Waals surface area contributed by atoms with E-state index in [4.69, 9.17) is 5.11 Å². The Balaban J connectivity index is 2.20. The molecule has 5 heteroatoms. The standard InChI is InChI=1S/C16H11FN2O2/c17-8-10-1-3-11(4-2-10)15-13-7-12(16(20)21)5-6-14(13)18-9-19-15/h1-7,9H,8H2,(H,20,21). The molecule has 2 aromatic carbocycles. The number of aromatic nitrogens is 2. The lowest BCUT2D eigenvalue weighted by Crippen LogP contribution is -1.97. The number of nitrogens with zero attached hydrogens (tertiary/aromatic N) is 2. The van der Waals surface area contributed by atoms with E-state index in [-0.39, 0.29) is 5.56 Å². The van der Waals surface area contributed by atoms with Crippen LogP contribution in [0, 0.1) is 0 Å². The molecule has 21 heavy (non-hydrogen) atoms. The van der Waals surface area contributed by atoms with Crippen molar-refractivity contribution in [3.05, 3.63) is 59.9 Å². The van der Waals surface area contributed by atoms with Crippen LogP contribution in [0.2, 0.25) is 0 Å². The van der Waals surface area contributed by atoms with Gasteiger partial charge in [0.15, 0.2) is 0 Å². The first-order valence-corrected chi connectivity index (χ1v) is 6.32. The number of carboxylic acids is 1. The van der Waals surface area contributed by atoms with Crippen LogP contribution in [0.15, 0.2) is 48.8 Å². The topological polar surface area (TPSA) is 63.1 Å². The molecule has 0 fully saturated rings. The van der Waals surface area contributed by atoms with Gasteiger partial charge in [-0.3, -0.25) is 0 Å². The number of hydrogen-bond donors (Lipinski definition) is 1. The average Bonchev–Trinajstić information content (AvgIpc) is 2.54. The Bertz CT molecular complexity index is 816. The Labute approximate surface area is 119 Å².